The zero-order valence-electron chi connectivity index (χ0n) is 21.4. The molecule has 35 heavy (non-hydrogen) atoms. The lowest BCUT2D eigenvalue weighted by molar-refractivity contribution is -0.120. The Kier molecular flexibility index (Phi) is 7.61. The van der Waals surface area contributed by atoms with Gasteiger partial charge in [-0.25, -0.2) is 4.98 Å². The summed E-state index contributed by atoms with van der Waals surface area (Å²) in [5.41, 5.74) is 2.58. The van der Waals surface area contributed by atoms with E-state index in [0.717, 1.165) is 49.9 Å². The number of anilines is 5. The number of carbonyl (C=O) groups excluding carboxylic acids is 1. The minimum atomic E-state index is -0.248. The van der Waals surface area contributed by atoms with Crippen LogP contribution in [0.1, 0.15) is 27.2 Å². The van der Waals surface area contributed by atoms with Gasteiger partial charge in [-0.05, 0) is 32.4 Å². The van der Waals surface area contributed by atoms with Gasteiger partial charge in [-0.2, -0.15) is 4.98 Å². The average Bonchev–Trinajstić information content (AvgIpc) is 2.86. The molecular formula is C25H37N7O3. The van der Waals surface area contributed by atoms with Crippen LogP contribution >= 0.6 is 0 Å². The van der Waals surface area contributed by atoms with Crippen LogP contribution in [0.4, 0.5) is 28.8 Å². The molecule has 2 aromatic rings. The van der Waals surface area contributed by atoms with Gasteiger partial charge in [0.1, 0.15) is 17.5 Å². The van der Waals surface area contributed by atoms with Crippen LogP contribution in [-0.4, -0.2) is 91.5 Å². The van der Waals surface area contributed by atoms with Crippen molar-refractivity contribution in [1.82, 2.24) is 14.9 Å². The van der Waals surface area contributed by atoms with E-state index in [1.54, 1.807) is 25.3 Å². The largest absolute Gasteiger partial charge is 0.494 e. The van der Waals surface area contributed by atoms with E-state index in [-0.39, 0.29) is 24.6 Å². The molecule has 4 rings (SSSR count). The number of aromatic nitrogens is 2. The second-order valence-electron chi connectivity index (χ2n) is 9.29. The second kappa shape index (κ2) is 10.7. The van der Waals surface area contributed by atoms with E-state index < -0.39 is 0 Å². The summed E-state index contributed by atoms with van der Waals surface area (Å²) >= 11 is 0. The van der Waals surface area contributed by atoms with Crippen LogP contribution in [0.25, 0.3) is 0 Å². The fourth-order valence-corrected chi connectivity index (χ4v) is 4.91. The van der Waals surface area contributed by atoms with Gasteiger partial charge in [0.15, 0.2) is 5.82 Å². The first-order valence-corrected chi connectivity index (χ1v) is 12.3. The van der Waals surface area contributed by atoms with Gasteiger partial charge in [0.2, 0.25) is 11.9 Å². The lowest BCUT2D eigenvalue weighted by Gasteiger charge is -2.42. The predicted octanol–water partition coefficient (Wildman–Crippen LogP) is 2.31. The highest BCUT2D eigenvalue weighted by atomic mass is 16.5. The zero-order valence-corrected chi connectivity index (χ0v) is 21.4. The molecule has 0 unspecified atom stereocenters. The monoisotopic (exact) mass is 483 g/mol. The number of piperazine rings is 1. The Hall–Kier alpha value is -3.11. The molecule has 2 aliphatic heterocycles. The summed E-state index contributed by atoms with van der Waals surface area (Å²) in [6.07, 6.45) is 2.41. The molecule has 0 radical (unpaired) electrons. The molecule has 10 nitrogen and oxygen atoms in total. The van der Waals surface area contributed by atoms with Crippen molar-refractivity contribution >= 4 is 34.7 Å². The summed E-state index contributed by atoms with van der Waals surface area (Å²) in [5.74, 6) is 1.98. The molecule has 1 saturated heterocycles. The molecule has 10 heteroatoms. The number of amides is 1. The van der Waals surface area contributed by atoms with Gasteiger partial charge in [0.25, 0.3) is 0 Å². The number of likely N-dealkylation sites (N-methyl/N-ethyl adjacent to an activating group) is 1. The smallest absolute Gasteiger partial charge is 0.249 e. The third-order valence-electron chi connectivity index (χ3n) is 6.84. The van der Waals surface area contributed by atoms with E-state index in [9.17, 15) is 4.79 Å². The van der Waals surface area contributed by atoms with Crippen molar-refractivity contribution in [3.63, 3.8) is 0 Å². The maximum Gasteiger partial charge on any atom is 0.249 e. The highest BCUT2D eigenvalue weighted by Crippen LogP contribution is 2.37. The van der Waals surface area contributed by atoms with Crippen LogP contribution in [-0.2, 0) is 4.79 Å². The lowest BCUT2D eigenvalue weighted by Crippen LogP contribution is -2.54. The number of carbonyl (C=O) groups is 1. The zero-order chi connectivity index (χ0) is 25.1. The molecule has 2 N–H and O–H groups in total. The van der Waals surface area contributed by atoms with Gasteiger partial charge in [-0.3, -0.25) is 9.69 Å². The number of hydrogen-bond acceptors (Lipinski definition) is 9. The molecule has 0 aliphatic carbocycles. The first-order valence-electron chi connectivity index (χ1n) is 12.3. The van der Waals surface area contributed by atoms with Gasteiger partial charge in [-0.15, -0.1) is 0 Å². The summed E-state index contributed by atoms with van der Waals surface area (Å²) < 4.78 is 5.69. The number of nitrogens with one attached hydrogen (secondary N) is 1. The normalized spacial score (nSPS) is 18.8. The lowest BCUT2D eigenvalue weighted by atomic mass is 10.1. The SMILES string of the molecule is CC[C@@H]1C(=O)N(C)c2cnc(Nc3ccc(N4CCN(CCO)CC4)cc3OC)nc2N1C(C)C. The number of nitrogens with zero attached hydrogens (tertiary/aromatic N) is 6. The van der Waals surface area contributed by atoms with Crippen LogP contribution in [0.3, 0.4) is 0 Å². The summed E-state index contributed by atoms with van der Waals surface area (Å²) in [5, 5.41) is 12.5. The highest BCUT2D eigenvalue weighted by molar-refractivity contribution is 6.04. The Morgan fingerprint density at radius 2 is 1.97 bits per heavy atom. The van der Waals surface area contributed by atoms with Crippen molar-refractivity contribution in [1.29, 1.82) is 0 Å². The van der Waals surface area contributed by atoms with Crippen LogP contribution in [0, 0.1) is 0 Å². The summed E-state index contributed by atoms with van der Waals surface area (Å²) in [7, 11) is 3.44. The number of fused-ring (bicyclic) bond motifs is 1. The minimum absolute atomic E-state index is 0.0625. The summed E-state index contributed by atoms with van der Waals surface area (Å²) in [6.45, 7) is 10.7. The van der Waals surface area contributed by atoms with Crippen molar-refractivity contribution < 1.29 is 14.6 Å². The van der Waals surface area contributed by atoms with E-state index in [4.69, 9.17) is 14.8 Å². The molecule has 1 amide bonds. The van der Waals surface area contributed by atoms with Crippen molar-refractivity contribution in [2.75, 3.05) is 73.5 Å². The number of β-amino-alcohol motifs (C(OH)–C–C–N with tert-alkyl or cyclic N) is 1. The van der Waals surface area contributed by atoms with Crippen molar-refractivity contribution in [3.8, 4) is 5.75 Å². The minimum Gasteiger partial charge on any atom is -0.494 e. The van der Waals surface area contributed by atoms with E-state index in [1.807, 2.05) is 19.1 Å². The Morgan fingerprint density at radius 1 is 1.23 bits per heavy atom. The number of rotatable bonds is 8. The molecule has 0 spiro atoms. The Morgan fingerprint density at radius 3 is 2.60 bits per heavy atom. The third-order valence-corrected chi connectivity index (χ3v) is 6.84. The topological polar surface area (TPSA) is 97.3 Å². The standard InChI is InChI=1S/C25H37N7O3/c1-6-20-24(34)29(4)21-16-26-25(28-23(21)32(20)17(2)3)27-19-8-7-18(15-22(19)35-5)31-11-9-30(10-12-31)13-14-33/h7-8,15-17,20,33H,6,9-14H2,1-5H3,(H,26,27,28)/t20-/m1/s1. The van der Waals surface area contributed by atoms with Gasteiger partial charge in [0, 0.05) is 57.6 Å². The molecule has 2 aliphatic rings. The Bertz CT molecular complexity index is 1040. The fourth-order valence-electron chi connectivity index (χ4n) is 4.91. The number of methoxy groups -OCH3 is 1. The first kappa shape index (κ1) is 25.0. The highest BCUT2D eigenvalue weighted by Gasteiger charge is 2.38. The van der Waals surface area contributed by atoms with E-state index >= 15 is 0 Å². The maximum absolute atomic E-state index is 12.9. The Balaban J connectivity index is 1.57. The molecule has 1 aromatic carbocycles. The number of aliphatic hydroxyl groups excluding tert-OH is 1. The second-order valence-corrected chi connectivity index (χ2v) is 9.29. The first-order chi connectivity index (χ1) is 16.9. The van der Waals surface area contributed by atoms with E-state index in [0.29, 0.717) is 23.8 Å². The molecule has 0 saturated carbocycles. The Labute approximate surface area is 207 Å². The average molecular weight is 484 g/mol. The maximum atomic E-state index is 12.9. The molecule has 190 valence electrons. The van der Waals surface area contributed by atoms with Crippen LogP contribution in [0.15, 0.2) is 24.4 Å². The molecule has 1 aromatic heterocycles. The summed E-state index contributed by atoms with van der Waals surface area (Å²) in [4.78, 5) is 30.5. The molecule has 1 atom stereocenters. The van der Waals surface area contributed by atoms with Gasteiger partial charge >= 0.3 is 0 Å². The molecule has 0 bridgehead atoms. The van der Waals surface area contributed by atoms with E-state index in [2.05, 4.69) is 44.9 Å². The van der Waals surface area contributed by atoms with Crippen LogP contribution in [0.2, 0.25) is 0 Å². The predicted molar refractivity (Wildman–Crippen MR) is 139 cm³/mol. The van der Waals surface area contributed by atoms with Gasteiger partial charge in [-0.1, -0.05) is 6.92 Å². The number of benzene rings is 1. The molecule has 3 heterocycles. The van der Waals surface area contributed by atoms with E-state index in [1.165, 1.54) is 0 Å². The number of ether oxygens (including phenoxy) is 1. The summed E-state index contributed by atoms with van der Waals surface area (Å²) in [6, 6.07) is 5.96. The van der Waals surface area contributed by atoms with Crippen LogP contribution < -0.4 is 24.8 Å². The molecular weight excluding hydrogens is 446 g/mol. The third kappa shape index (κ3) is 4.99. The molecule has 1 fully saturated rings. The number of hydrogen-bond donors (Lipinski definition) is 2. The fraction of sp³-hybridized carbons (Fsp3) is 0.560. The van der Waals surface area contributed by atoms with Crippen molar-refractivity contribution in [2.24, 2.45) is 0 Å². The van der Waals surface area contributed by atoms with Crippen molar-refractivity contribution in [3.05, 3.63) is 24.4 Å². The van der Waals surface area contributed by atoms with Gasteiger partial charge < -0.3 is 29.9 Å². The van der Waals surface area contributed by atoms with Crippen molar-refractivity contribution in [2.45, 2.75) is 39.3 Å². The quantitative estimate of drug-likeness (QED) is 0.586. The van der Waals surface area contributed by atoms with Crippen LogP contribution in [0.5, 0.6) is 5.75 Å². The number of aliphatic hydroxyl groups is 1. The van der Waals surface area contributed by atoms with Gasteiger partial charge in [0.05, 0.1) is 25.6 Å².